The lowest BCUT2D eigenvalue weighted by atomic mass is 9.61. The van der Waals surface area contributed by atoms with Gasteiger partial charge in [0.1, 0.15) is 0 Å². The lowest BCUT2D eigenvalue weighted by Gasteiger charge is -2.44. The van der Waals surface area contributed by atoms with E-state index in [2.05, 4.69) is 27.7 Å². The van der Waals surface area contributed by atoms with Crippen LogP contribution in [0.4, 0.5) is 0 Å². The zero-order valence-electron chi connectivity index (χ0n) is 13.5. The van der Waals surface area contributed by atoms with Crippen LogP contribution in [0.15, 0.2) is 5.57 Å². The van der Waals surface area contributed by atoms with Crippen molar-refractivity contribution in [3.63, 3.8) is 0 Å². The van der Waals surface area contributed by atoms with Gasteiger partial charge in [0.2, 0.25) is 0 Å². The Labute approximate surface area is 121 Å². The van der Waals surface area contributed by atoms with E-state index in [-0.39, 0.29) is 0 Å². The molecule has 0 amide bonds. The van der Waals surface area contributed by atoms with Gasteiger partial charge in [0.25, 0.3) is 0 Å². The Morgan fingerprint density at radius 3 is 2.63 bits per heavy atom. The summed E-state index contributed by atoms with van der Waals surface area (Å²) in [6, 6.07) is 0. The van der Waals surface area contributed by atoms with Crippen molar-refractivity contribution >= 4 is 0 Å². The van der Waals surface area contributed by atoms with Gasteiger partial charge in [-0.1, -0.05) is 59.1 Å². The minimum absolute atomic E-state index is 0.527. The summed E-state index contributed by atoms with van der Waals surface area (Å²) >= 11 is 0. The molecule has 1 radical (unpaired) electrons. The highest BCUT2D eigenvalue weighted by Gasteiger charge is 2.50. The Balaban J connectivity index is 1.95. The molecular weight excluding hydrogens is 228 g/mol. The summed E-state index contributed by atoms with van der Waals surface area (Å²) in [4.78, 5) is 0. The van der Waals surface area contributed by atoms with Crippen LogP contribution in [0, 0.1) is 35.7 Å². The minimum atomic E-state index is 0.527. The first kappa shape index (κ1) is 15.1. The number of hydrogen-bond donors (Lipinski definition) is 0. The SMILES string of the molecule is [CH]=C1CCC[C@]2(C)[C@@H]([C@H](C)CCCC(C)C)CC[C@@H]12. The molecule has 0 N–H and O–H groups in total. The molecule has 4 atom stereocenters. The molecule has 0 aliphatic heterocycles. The van der Waals surface area contributed by atoms with Crippen LogP contribution in [-0.4, -0.2) is 0 Å². The Hall–Kier alpha value is -0.260. The number of hydrogen-bond acceptors (Lipinski definition) is 0. The Kier molecular flexibility index (Phi) is 4.79. The van der Waals surface area contributed by atoms with Crippen molar-refractivity contribution in [2.45, 2.75) is 79.1 Å². The van der Waals surface area contributed by atoms with E-state index in [1.54, 1.807) is 0 Å². The molecule has 0 aromatic heterocycles. The molecule has 0 aromatic rings. The first-order valence-corrected chi connectivity index (χ1v) is 8.56. The molecule has 0 bridgehead atoms. The van der Waals surface area contributed by atoms with Crippen LogP contribution >= 0.6 is 0 Å². The zero-order chi connectivity index (χ0) is 14.0. The Morgan fingerprint density at radius 1 is 1.21 bits per heavy atom. The zero-order valence-corrected chi connectivity index (χ0v) is 13.5. The predicted octanol–water partition coefficient (Wildman–Crippen LogP) is 6.02. The monoisotopic (exact) mass is 261 g/mol. The second-order valence-electron chi connectivity index (χ2n) is 7.97. The fourth-order valence-electron chi connectivity index (χ4n) is 5.06. The standard InChI is InChI=1S/C19H33/c1-14(2)8-6-9-15(3)17-11-12-18-16(4)10-7-13-19(17,18)5/h4,14-15,17-18H,6-13H2,1-3,5H3/t15-,17-,18+,19-/m1/s1. The summed E-state index contributed by atoms with van der Waals surface area (Å²) in [7, 11) is 0. The van der Waals surface area contributed by atoms with E-state index in [4.69, 9.17) is 6.58 Å². The molecule has 2 aliphatic carbocycles. The molecular formula is C19H33. The molecule has 0 heteroatoms. The third-order valence-corrected chi connectivity index (χ3v) is 6.17. The van der Waals surface area contributed by atoms with Crippen LogP contribution in [0.5, 0.6) is 0 Å². The predicted molar refractivity (Wildman–Crippen MR) is 83.8 cm³/mol. The second-order valence-corrected chi connectivity index (χ2v) is 7.97. The van der Waals surface area contributed by atoms with Crippen LogP contribution < -0.4 is 0 Å². The summed E-state index contributed by atoms with van der Waals surface area (Å²) in [5.41, 5.74) is 1.85. The van der Waals surface area contributed by atoms with Crippen LogP contribution in [0.2, 0.25) is 0 Å². The fraction of sp³-hybridized carbons (Fsp3) is 0.895. The smallest absolute Gasteiger partial charge is 0.0143 e. The first-order valence-electron chi connectivity index (χ1n) is 8.56. The third-order valence-electron chi connectivity index (χ3n) is 6.17. The van der Waals surface area contributed by atoms with Crippen molar-refractivity contribution in [2.24, 2.45) is 29.1 Å². The molecule has 2 saturated carbocycles. The van der Waals surface area contributed by atoms with Crippen molar-refractivity contribution in [3.05, 3.63) is 12.2 Å². The molecule has 0 nitrogen and oxygen atoms in total. The fourth-order valence-corrected chi connectivity index (χ4v) is 5.06. The topological polar surface area (TPSA) is 0 Å². The normalized spacial score (nSPS) is 36.6. The molecule has 2 fully saturated rings. The summed E-state index contributed by atoms with van der Waals surface area (Å²) in [5, 5.41) is 0. The van der Waals surface area contributed by atoms with Crippen LogP contribution in [0.1, 0.15) is 79.1 Å². The Bertz CT molecular complexity index is 314. The van der Waals surface area contributed by atoms with E-state index < -0.39 is 0 Å². The molecule has 0 aromatic carbocycles. The molecule has 19 heavy (non-hydrogen) atoms. The molecule has 0 heterocycles. The first-order chi connectivity index (χ1) is 8.95. The molecule has 2 aliphatic rings. The van der Waals surface area contributed by atoms with Crippen molar-refractivity contribution < 1.29 is 0 Å². The van der Waals surface area contributed by atoms with Crippen LogP contribution in [0.3, 0.4) is 0 Å². The molecule has 0 unspecified atom stereocenters. The van der Waals surface area contributed by atoms with Crippen molar-refractivity contribution in [3.8, 4) is 0 Å². The van der Waals surface area contributed by atoms with E-state index in [1.165, 1.54) is 56.9 Å². The maximum atomic E-state index is 6.32. The molecule has 0 spiro atoms. The van der Waals surface area contributed by atoms with Gasteiger partial charge >= 0.3 is 0 Å². The summed E-state index contributed by atoms with van der Waals surface area (Å²) < 4.78 is 0. The van der Waals surface area contributed by atoms with Crippen molar-refractivity contribution in [2.75, 3.05) is 0 Å². The van der Waals surface area contributed by atoms with Crippen molar-refractivity contribution in [1.29, 1.82) is 0 Å². The summed E-state index contributed by atoms with van der Waals surface area (Å²) in [6.45, 7) is 16.1. The lowest BCUT2D eigenvalue weighted by Crippen LogP contribution is -2.35. The highest BCUT2D eigenvalue weighted by atomic mass is 14.5. The van der Waals surface area contributed by atoms with Gasteiger partial charge in [-0.2, -0.15) is 0 Å². The largest absolute Gasteiger partial charge is 0.0666 e. The van der Waals surface area contributed by atoms with E-state index >= 15 is 0 Å². The average molecular weight is 261 g/mol. The van der Waals surface area contributed by atoms with Gasteiger partial charge in [0.15, 0.2) is 0 Å². The average Bonchev–Trinajstić information content (AvgIpc) is 2.67. The van der Waals surface area contributed by atoms with Gasteiger partial charge in [0.05, 0.1) is 0 Å². The summed E-state index contributed by atoms with van der Waals surface area (Å²) in [6.07, 6.45) is 10.9. The maximum absolute atomic E-state index is 6.32. The molecule has 109 valence electrons. The van der Waals surface area contributed by atoms with E-state index in [9.17, 15) is 0 Å². The van der Waals surface area contributed by atoms with Gasteiger partial charge in [-0.05, 0) is 61.2 Å². The van der Waals surface area contributed by atoms with E-state index in [1.807, 2.05) is 0 Å². The number of allylic oxidation sites excluding steroid dienone is 1. The quantitative estimate of drug-likeness (QED) is 0.567. The van der Waals surface area contributed by atoms with Crippen molar-refractivity contribution in [1.82, 2.24) is 0 Å². The second kappa shape index (κ2) is 6.02. The van der Waals surface area contributed by atoms with Gasteiger partial charge < -0.3 is 0 Å². The molecule has 2 rings (SSSR count). The third kappa shape index (κ3) is 3.09. The highest BCUT2D eigenvalue weighted by molar-refractivity contribution is 5.14. The highest BCUT2D eigenvalue weighted by Crippen LogP contribution is 2.59. The van der Waals surface area contributed by atoms with Crippen LogP contribution in [-0.2, 0) is 0 Å². The van der Waals surface area contributed by atoms with Gasteiger partial charge in [-0.25, -0.2) is 0 Å². The van der Waals surface area contributed by atoms with Gasteiger partial charge in [-0.3, -0.25) is 0 Å². The summed E-state index contributed by atoms with van der Waals surface area (Å²) in [5.74, 6) is 3.40. The number of fused-ring (bicyclic) bond motifs is 1. The van der Waals surface area contributed by atoms with Crippen LogP contribution in [0.25, 0.3) is 0 Å². The molecule has 0 saturated heterocycles. The van der Waals surface area contributed by atoms with Gasteiger partial charge in [-0.15, -0.1) is 0 Å². The number of rotatable bonds is 5. The van der Waals surface area contributed by atoms with E-state index in [0.29, 0.717) is 5.41 Å². The van der Waals surface area contributed by atoms with E-state index in [0.717, 1.165) is 23.7 Å². The Morgan fingerprint density at radius 2 is 1.95 bits per heavy atom. The van der Waals surface area contributed by atoms with Gasteiger partial charge in [0, 0.05) is 0 Å². The minimum Gasteiger partial charge on any atom is -0.0666 e. The lowest BCUT2D eigenvalue weighted by molar-refractivity contribution is 0.0929. The maximum Gasteiger partial charge on any atom is -0.0143 e.